The summed E-state index contributed by atoms with van der Waals surface area (Å²) in [6.07, 6.45) is 0. The van der Waals surface area contributed by atoms with Crippen molar-refractivity contribution >= 4 is 21.7 Å². The van der Waals surface area contributed by atoms with Crippen LogP contribution in [0.5, 0.6) is 0 Å². The zero-order valence-electron chi connectivity index (χ0n) is 9.66. The zero-order valence-corrected chi connectivity index (χ0v) is 11.2. The third-order valence-corrected chi connectivity index (χ3v) is 3.31. The lowest BCUT2D eigenvalue weighted by atomic mass is 10.1. The molecule has 1 heterocycles. The molecule has 0 atom stereocenters. The van der Waals surface area contributed by atoms with Crippen molar-refractivity contribution in [1.29, 1.82) is 0 Å². The molecule has 1 aromatic carbocycles. The van der Waals surface area contributed by atoms with Gasteiger partial charge in [-0.2, -0.15) is 0 Å². The van der Waals surface area contributed by atoms with Gasteiger partial charge in [-0.15, -0.1) is 0 Å². The fourth-order valence-corrected chi connectivity index (χ4v) is 1.80. The van der Waals surface area contributed by atoms with Crippen molar-refractivity contribution < 1.29 is 0 Å². The average Bonchev–Trinajstić information content (AvgIpc) is 2.32. The van der Waals surface area contributed by atoms with Gasteiger partial charge in [-0.05, 0) is 31.5 Å². The Morgan fingerprint density at radius 2 is 1.94 bits per heavy atom. The van der Waals surface area contributed by atoms with Crippen LogP contribution in [-0.4, -0.2) is 9.97 Å². The molecular formula is C12H13BrN4. The number of halogens is 1. The maximum Gasteiger partial charge on any atom is 0.161 e. The summed E-state index contributed by atoms with van der Waals surface area (Å²) in [6.45, 7) is 3.95. The highest BCUT2D eigenvalue weighted by atomic mass is 79.9. The number of rotatable bonds is 2. The van der Waals surface area contributed by atoms with Gasteiger partial charge < -0.3 is 5.43 Å². The third-order valence-electron chi connectivity index (χ3n) is 2.42. The molecule has 2 aromatic rings. The number of aryl methyl sites for hydroxylation is 2. The highest BCUT2D eigenvalue weighted by molar-refractivity contribution is 9.10. The minimum atomic E-state index is 0.619. The van der Waals surface area contributed by atoms with Crippen molar-refractivity contribution in [3.63, 3.8) is 0 Å². The predicted molar refractivity (Wildman–Crippen MR) is 72.5 cm³/mol. The number of nitrogens with one attached hydrogen (secondary N) is 1. The van der Waals surface area contributed by atoms with Gasteiger partial charge in [0.2, 0.25) is 0 Å². The lowest BCUT2D eigenvalue weighted by Gasteiger charge is -2.06. The quantitative estimate of drug-likeness (QED) is 0.660. The molecule has 3 N–H and O–H groups in total. The van der Waals surface area contributed by atoms with E-state index in [0.29, 0.717) is 11.6 Å². The second kappa shape index (κ2) is 4.81. The molecule has 1 aromatic heterocycles. The second-order valence-electron chi connectivity index (χ2n) is 3.83. The molecule has 17 heavy (non-hydrogen) atoms. The van der Waals surface area contributed by atoms with E-state index >= 15 is 0 Å². The van der Waals surface area contributed by atoms with Crippen molar-refractivity contribution in [2.24, 2.45) is 5.84 Å². The summed E-state index contributed by atoms with van der Waals surface area (Å²) in [6, 6.07) is 7.81. The van der Waals surface area contributed by atoms with E-state index in [0.717, 1.165) is 21.3 Å². The summed E-state index contributed by atoms with van der Waals surface area (Å²) < 4.78 is 1.08. The van der Waals surface area contributed by atoms with Crippen molar-refractivity contribution in [3.05, 3.63) is 40.0 Å². The Kier molecular flexibility index (Phi) is 3.40. The lowest BCUT2D eigenvalue weighted by molar-refractivity contribution is 1.09. The van der Waals surface area contributed by atoms with Crippen LogP contribution in [0.3, 0.4) is 0 Å². The van der Waals surface area contributed by atoms with Gasteiger partial charge >= 0.3 is 0 Å². The Labute approximate surface area is 108 Å². The number of aromatic nitrogens is 2. The van der Waals surface area contributed by atoms with Crippen LogP contribution >= 0.6 is 15.9 Å². The molecule has 0 saturated carbocycles. The van der Waals surface area contributed by atoms with Crippen LogP contribution in [0.1, 0.15) is 11.3 Å². The number of anilines is 1. The van der Waals surface area contributed by atoms with Gasteiger partial charge in [0, 0.05) is 21.8 Å². The first-order valence-electron chi connectivity index (χ1n) is 5.19. The van der Waals surface area contributed by atoms with E-state index in [2.05, 4.69) is 31.3 Å². The molecule has 0 aliphatic carbocycles. The molecule has 0 spiro atoms. The Balaban J connectivity index is 2.52. The summed E-state index contributed by atoms with van der Waals surface area (Å²) in [7, 11) is 0. The molecule has 0 fully saturated rings. The maximum atomic E-state index is 5.37. The molecule has 0 unspecified atom stereocenters. The van der Waals surface area contributed by atoms with Gasteiger partial charge in [-0.25, -0.2) is 15.8 Å². The Morgan fingerprint density at radius 1 is 1.18 bits per heavy atom. The molecule has 0 aliphatic rings. The highest BCUT2D eigenvalue weighted by Gasteiger charge is 2.05. The van der Waals surface area contributed by atoms with Gasteiger partial charge in [-0.3, -0.25) is 0 Å². The Hall–Kier alpha value is -1.46. The highest BCUT2D eigenvalue weighted by Crippen LogP contribution is 2.23. The Bertz CT molecular complexity index is 554. The minimum absolute atomic E-state index is 0.619. The van der Waals surface area contributed by atoms with E-state index in [1.165, 1.54) is 0 Å². The number of hydrogen-bond acceptors (Lipinski definition) is 4. The molecule has 88 valence electrons. The van der Waals surface area contributed by atoms with E-state index in [1.807, 2.05) is 32.0 Å². The maximum absolute atomic E-state index is 5.37. The smallest absolute Gasteiger partial charge is 0.161 e. The molecule has 0 radical (unpaired) electrons. The monoisotopic (exact) mass is 292 g/mol. The van der Waals surface area contributed by atoms with Gasteiger partial charge in [0.15, 0.2) is 5.82 Å². The van der Waals surface area contributed by atoms with Crippen LogP contribution in [-0.2, 0) is 0 Å². The van der Waals surface area contributed by atoms with E-state index in [9.17, 15) is 0 Å². The van der Waals surface area contributed by atoms with Crippen molar-refractivity contribution in [3.8, 4) is 11.4 Å². The van der Waals surface area contributed by atoms with Crippen LogP contribution in [0.4, 0.5) is 5.82 Å². The van der Waals surface area contributed by atoms with Crippen LogP contribution in [0, 0.1) is 13.8 Å². The number of nitrogens with two attached hydrogens (primary N) is 1. The van der Waals surface area contributed by atoms with Gasteiger partial charge in [0.1, 0.15) is 5.82 Å². The first kappa shape index (κ1) is 12.0. The van der Waals surface area contributed by atoms with Crippen molar-refractivity contribution in [1.82, 2.24) is 9.97 Å². The fourth-order valence-electron chi connectivity index (χ4n) is 1.56. The van der Waals surface area contributed by atoms with E-state index in [1.54, 1.807) is 6.07 Å². The average molecular weight is 293 g/mol. The molecule has 0 saturated heterocycles. The van der Waals surface area contributed by atoms with Gasteiger partial charge in [0.05, 0.1) is 0 Å². The number of hydrazine groups is 1. The van der Waals surface area contributed by atoms with E-state index in [4.69, 9.17) is 5.84 Å². The first-order valence-corrected chi connectivity index (χ1v) is 5.98. The van der Waals surface area contributed by atoms with Crippen LogP contribution in [0.2, 0.25) is 0 Å². The fraction of sp³-hybridized carbons (Fsp3) is 0.167. The van der Waals surface area contributed by atoms with Crippen LogP contribution < -0.4 is 11.3 Å². The van der Waals surface area contributed by atoms with Crippen molar-refractivity contribution in [2.45, 2.75) is 13.8 Å². The van der Waals surface area contributed by atoms with E-state index in [-0.39, 0.29) is 0 Å². The topological polar surface area (TPSA) is 63.8 Å². The summed E-state index contributed by atoms with van der Waals surface area (Å²) in [5.74, 6) is 6.67. The normalized spacial score (nSPS) is 10.4. The van der Waals surface area contributed by atoms with Crippen molar-refractivity contribution in [2.75, 3.05) is 5.43 Å². The first-order chi connectivity index (χ1) is 8.10. The zero-order chi connectivity index (χ0) is 12.4. The molecule has 4 nitrogen and oxygen atoms in total. The second-order valence-corrected chi connectivity index (χ2v) is 4.68. The number of benzene rings is 1. The molecule has 2 rings (SSSR count). The van der Waals surface area contributed by atoms with Crippen LogP contribution in [0.15, 0.2) is 28.7 Å². The summed E-state index contributed by atoms with van der Waals surface area (Å²) in [4.78, 5) is 8.73. The SMILES string of the molecule is Cc1cc(NN)nc(-c2ccc(Br)c(C)c2)n1. The third kappa shape index (κ3) is 2.62. The van der Waals surface area contributed by atoms with Gasteiger partial charge in [-0.1, -0.05) is 22.0 Å². The summed E-state index contributed by atoms with van der Waals surface area (Å²) in [5.41, 5.74) is 5.55. The molecule has 0 aliphatic heterocycles. The van der Waals surface area contributed by atoms with E-state index < -0.39 is 0 Å². The molecule has 0 bridgehead atoms. The Morgan fingerprint density at radius 3 is 2.59 bits per heavy atom. The lowest BCUT2D eigenvalue weighted by Crippen LogP contribution is -2.10. The number of nitrogen functional groups attached to an aromatic ring is 1. The van der Waals surface area contributed by atoms with Crippen LogP contribution in [0.25, 0.3) is 11.4 Å². The predicted octanol–water partition coefficient (Wildman–Crippen LogP) is 2.81. The molecular weight excluding hydrogens is 280 g/mol. The van der Waals surface area contributed by atoms with Gasteiger partial charge in [0.25, 0.3) is 0 Å². The summed E-state index contributed by atoms with van der Waals surface area (Å²) in [5, 5.41) is 0. The summed E-state index contributed by atoms with van der Waals surface area (Å²) >= 11 is 3.47. The number of nitrogens with zero attached hydrogens (tertiary/aromatic N) is 2. The minimum Gasteiger partial charge on any atom is -0.308 e. The molecule has 0 amide bonds. The molecule has 5 heteroatoms. The standard InChI is InChI=1S/C12H13BrN4/c1-7-5-9(3-4-10(7)13)12-15-8(2)6-11(16-12)17-14/h3-6H,14H2,1-2H3,(H,15,16,17). The largest absolute Gasteiger partial charge is 0.308 e. The number of hydrogen-bond donors (Lipinski definition) is 2.